The molecule has 0 aromatic heterocycles. The summed E-state index contributed by atoms with van der Waals surface area (Å²) in [6.45, 7) is 6.52. The van der Waals surface area contributed by atoms with Crippen molar-refractivity contribution in [1.29, 1.82) is 0 Å². The maximum Gasteiger partial charge on any atom is 0.306 e. The van der Waals surface area contributed by atoms with E-state index in [1.54, 1.807) is 0 Å². The minimum Gasteiger partial charge on any atom is -0.462 e. The van der Waals surface area contributed by atoms with Crippen LogP contribution in [0.15, 0.2) is 60.8 Å². The first-order valence-corrected chi connectivity index (χ1v) is 25.8. The Hall–Kier alpha value is -2.89. The summed E-state index contributed by atoms with van der Waals surface area (Å²) in [6, 6.07) is 0. The van der Waals surface area contributed by atoms with Crippen LogP contribution in [0.25, 0.3) is 0 Å². The number of carbonyl (C=O) groups is 3. The summed E-state index contributed by atoms with van der Waals surface area (Å²) in [4.78, 5) is 37.9. The summed E-state index contributed by atoms with van der Waals surface area (Å²) in [7, 11) is 0. The topological polar surface area (TPSA) is 78.9 Å². The number of rotatable bonds is 46. The van der Waals surface area contributed by atoms with Gasteiger partial charge in [-0.3, -0.25) is 14.4 Å². The first kappa shape index (κ1) is 58.1. The minimum absolute atomic E-state index is 0.0897. The first-order chi connectivity index (χ1) is 30.0. The molecule has 0 aliphatic carbocycles. The van der Waals surface area contributed by atoms with E-state index in [0.29, 0.717) is 19.3 Å². The van der Waals surface area contributed by atoms with E-state index in [-0.39, 0.29) is 31.1 Å². The van der Waals surface area contributed by atoms with E-state index in [0.717, 1.165) is 83.5 Å². The highest BCUT2D eigenvalue weighted by molar-refractivity contribution is 5.71. The summed E-state index contributed by atoms with van der Waals surface area (Å²) < 4.78 is 16.7. The number of carbonyl (C=O) groups excluding carboxylic acids is 3. The van der Waals surface area contributed by atoms with Crippen LogP contribution in [0.1, 0.15) is 252 Å². The van der Waals surface area contributed by atoms with Gasteiger partial charge in [0.05, 0.1) is 0 Å². The largest absolute Gasteiger partial charge is 0.462 e. The van der Waals surface area contributed by atoms with Crippen LogP contribution in [0.5, 0.6) is 0 Å². The molecule has 0 aromatic rings. The molecule has 0 N–H and O–H groups in total. The number of hydrogen-bond acceptors (Lipinski definition) is 6. The average molecular weight is 853 g/mol. The van der Waals surface area contributed by atoms with Crippen molar-refractivity contribution in [1.82, 2.24) is 0 Å². The van der Waals surface area contributed by atoms with E-state index in [2.05, 4.69) is 81.5 Å². The van der Waals surface area contributed by atoms with Crippen LogP contribution in [0.3, 0.4) is 0 Å². The molecule has 0 bridgehead atoms. The van der Waals surface area contributed by atoms with Crippen LogP contribution in [0.2, 0.25) is 0 Å². The maximum absolute atomic E-state index is 12.8. The van der Waals surface area contributed by atoms with E-state index in [9.17, 15) is 14.4 Å². The summed E-state index contributed by atoms with van der Waals surface area (Å²) in [5.41, 5.74) is 0. The lowest BCUT2D eigenvalue weighted by Gasteiger charge is -2.18. The molecule has 0 fully saturated rings. The zero-order valence-corrected chi connectivity index (χ0v) is 40.2. The molecule has 0 radical (unpaired) electrons. The van der Waals surface area contributed by atoms with Crippen molar-refractivity contribution in [3.63, 3.8) is 0 Å². The summed E-state index contributed by atoms with van der Waals surface area (Å²) in [5, 5.41) is 0. The molecule has 0 saturated carbocycles. The van der Waals surface area contributed by atoms with E-state index in [1.807, 2.05) is 0 Å². The molecule has 1 unspecified atom stereocenters. The van der Waals surface area contributed by atoms with Gasteiger partial charge in [0, 0.05) is 19.3 Å². The molecule has 0 aromatic carbocycles. The Labute approximate surface area is 377 Å². The van der Waals surface area contributed by atoms with Gasteiger partial charge in [-0.2, -0.15) is 0 Å². The van der Waals surface area contributed by atoms with Gasteiger partial charge >= 0.3 is 17.9 Å². The Morgan fingerprint density at radius 1 is 0.328 bits per heavy atom. The Bertz CT molecular complexity index is 1120. The Morgan fingerprint density at radius 2 is 0.607 bits per heavy atom. The molecule has 1 atom stereocenters. The summed E-state index contributed by atoms with van der Waals surface area (Å²) >= 11 is 0. The van der Waals surface area contributed by atoms with Gasteiger partial charge in [-0.15, -0.1) is 0 Å². The smallest absolute Gasteiger partial charge is 0.306 e. The quantitative estimate of drug-likeness (QED) is 0.0200. The third kappa shape index (κ3) is 48.0. The highest BCUT2D eigenvalue weighted by atomic mass is 16.6. The summed E-state index contributed by atoms with van der Waals surface area (Å²) in [6.07, 6.45) is 60.6. The highest BCUT2D eigenvalue weighted by Crippen LogP contribution is 2.14. The summed E-state index contributed by atoms with van der Waals surface area (Å²) in [5.74, 6) is -0.932. The lowest BCUT2D eigenvalue weighted by molar-refractivity contribution is -0.167. The van der Waals surface area contributed by atoms with Crippen LogP contribution in [0.4, 0.5) is 0 Å². The predicted molar refractivity (Wildman–Crippen MR) is 261 cm³/mol. The number of esters is 3. The average Bonchev–Trinajstić information content (AvgIpc) is 3.26. The Balaban J connectivity index is 4.40. The second-order valence-electron chi connectivity index (χ2n) is 17.1. The zero-order chi connectivity index (χ0) is 44.4. The molecule has 0 heterocycles. The van der Waals surface area contributed by atoms with Gasteiger partial charge in [0.25, 0.3) is 0 Å². The first-order valence-electron chi connectivity index (χ1n) is 25.8. The van der Waals surface area contributed by atoms with Crippen molar-refractivity contribution in [2.24, 2.45) is 0 Å². The van der Waals surface area contributed by atoms with Gasteiger partial charge in [0.1, 0.15) is 13.2 Å². The Morgan fingerprint density at radius 3 is 1.02 bits per heavy atom. The van der Waals surface area contributed by atoms with Gasteiger partial charge in [-0.1, -0.05) is 204 Å². The van der Waals surface area contributed by atoms with Crippen LogP contribution in [0, 0.1) is 0 Å². The lowest BCUT2D eigenvalue weighted by atomic mass is 10.1. The molecular formula is C55H96O6. The molecule has 6 heteroatoms. The van der Waals surface area contributed by atoms with Crippen LogP contribution >= 0.6 is 0 Å². The fourth-order valence-electron chi connectivity index (χ4n) is 7.05. The van der Waals surface area contributed by atoms with Gasteiger partial charge in [0.15, 0.2) is 6.10 Å². The number of hydrogen-bond donors (Lipinski definition) is 0. The van der Waals surface area contributed by atoms with E-state index < -0.39 is 6.10 Å². The number of ether oxygens (including phenoxy) is 3. The fraction of sp³-hybridized carbons (Fsp3) is 0.764. The molecule has 0 rings (SSSR count). The second-order valence-corrected chi connectivity index (χ2v) is 17.1. The standard InChI is InChI=1S/C55H96O6/c1-4-7-10-13-16-19-22-24-26-27-29-30-33-36-39-42-45-48-54(57)60-51-52(50-59-53(56)47-44-41-38-35-32-21-18-15-12-9-6-3)61-55(58)49-46-43-40-37-34-31-28-25-23-20-17-14-11-8-5-2/h15,17-18,20-21,23-26,32,52H,4-14,16,19,22,27-31,33-51H2,1-3H3/b18-15-,20-17-,25-23-,26-24-,32-21-. The third-order valence-electron chi connectivity index (χ3n) is 11.0. The fourth-order valence-corrected chi connectivity index (χ4v) is 7.05. The molecule has 352 valence electrons. The maximum atomic E-state index is 12.8. The molecule has 6 nitrogen and oxygen atoms in total. The zero-order valence-electron chi connectivity index (χ0n) is 40.2. The van der Waals surface area contributed by atoms with Crippen molar-refractivity contribution in [3.05, 3.63) is 60.8 Å². The van der Waals surface area contributed by atoms with Crippen molar-refractivity contribution < 1.29 is 28.6 Å². The van der Waals surface area contributed by atoms with Crippen LogP contribution in [-0.2, 0) is 28.6 Å². The third-order valence-corrected chi connectivity index (χ3v) is 11.0. The monoisotopic (exact) mass is 853 g/mol. The van der Waals surface area contributed by atoms with Crippen molar-refractivity contribution >= 4 is 17.9 Å². The van der Waals surface area contributed by atoms with Crippen molar-refractivity contribution in [2.75, 3.05) is 13.2 Å². The van der Waals surface area contributed by atoms with Gasteiger partial charge in [-0.05, 0) is 89.9 Å². The SMILES string of the molecule is CCCC/C=C\C=C/CCCCCC(=O)OCC(COC(=O)CCCCCCCCC/C=C\CCCCCCCC)OC(=O)CCCCCCCC/C=C\C=C/CCCCC. The van der Waals surface area contributed by atoms with Crippen molar-refractivity contribution in [2.45, 2.75) is 258 Å². The molecule has 0 saturated heterocycles. The van der Waals surface area contributed by atoms with Gasteiger partial charge < -0.3 is 14.2 Å². The van der Waals surface area contributed by atoms with Gasteiger partial charge in [-0.25, -0.2) is 0 Å². The predicted octanol–water partition coefficient (Wildman–Crippen LogP) is 16.9. The molecular weight excluding hydrogens is 757 g/mol. The normalized spacial score (nSPS) is 12.5. The highest BCUT2D eigenvalue weighted by Gasteiger charge is 2.19. The molecule has 0 aliphatic rings. The number of allylic oxidation sites excluding steroid dienone is 10. The van der Waals surface area contributed by atoms with Gasteiger partial charge in [0.2, 0.25) is 0 Å². The molecule has 0 amide bonds. The van der Waals surface area contributed by atoms with E-state index >= 15 is 0 Å². The lowest BCUT2D eigenvalue weighted by Crippen LogP contribution is -2.30. The van der Waals surface area contributed by atoms with E-state index in [4.69, 9.17) is 14.2 Å². The number of unbranched alkanes of at least 4 members (excludes halogenated alkanes) is 27. The van der Waals surface area contributed by atoms with Crippen LogP contribution in [-0.4, -0.2) is 37.2 Å². The van der Waals surface area contributed by atoms with Crippen molar-refractivity contribution in [3.8, 4) is 0 Å². The molecule has 0 spiro atoms. The Kier molecular flexibility index (Phi) is 47.4. The minimum atomic E-state index is -0.791. The van der Waals surface area contributed by atoms with E-state index in [1.165, 1.54) is 128 Å². The molecule has 0 aliphatic heterocycles. The molecule has 61 heavy (non-hydrogen) atoms. The second kappa shape index (κ2) is 49.8. The van der Waals surface area contributed by atoms with Crippen LogP contribution < -0.4 is 0 Å².